The van der Waals surface area contributed by atoms with Crippen LogP contribution in [-0.2, 0) is 14.8 Å². The molecule has 0 aliphatic carbocycles. The molecule has 0 aromatic heterocycles. The van der Waals surface area contributed by atoms with Crippen LogP contribution >= 0.6 is 0 Å². The van der Waals surface area contributed by atoms with Crippen molar-refractivity contribution in [1.82, 2.24) is 4.31 Å². The van der Waals surface area contributed by atoms with Gasteiger partial charge in [-0.2, -0.15) is 0 Å². The summed E-state index contributed by atoms with van der Waals surface area (Å²) in [5, 5.41) is 2.74. The molecule has 29 heavy (non-hydrogen) atoms. The number of ether oxygens (including phenoxy) is 2. The Kier molecular flexibility index (Phi) is 8.00. The van der Waals surface area contributed by atoms with Crippen molar-refractivity contribution in [3.05, 3.63) is 48.5 Å². The molecule has 1 unspecified atom stereocenters. The van der Waals surface area contributed by atoms with Crippen molar-refractivity contribution < 1.29 is 27.6 Å². The smallest absolute Gasteiger partial charge is 0.279 e. The molecule has 2 aromatic rings. The number of anilines is 1. The van der Waals surface area contributed by atoms with Crippen LogP contribution in [0.25, 0.3) is 0 Å². The number of quaternary nitrogens is 1. The fourth-order valence-electron chi connectivity index (χ4n) is 2.58. The molecule has 0 aliphatic rings. The number of sulfonamides is 1. The van der Waals surface area contributed by atoms with Crippen LogP contribution in [-0.4, -0.2) is 66.6 Å². The molecule has 0 bridgehead atoms. The maximum absolute atomic E-state index is 12.5. The van der Waals surface area contributed by atoms with Crippen LogP contribution in [0.2, 0.25) is 0 Å². The normalized spacial score (nSPS) is 12.4. The number of methoxy groups -OCH3 is 1. The van der Waals surface area contributed by atoms with Gasteiger partial charge in [-0.05, 0) is 30.3 Å². The molecule has 1 amide bonds. The van der Waals surface area contributed by atoms with Crippen molar-refractivity contribution in [3.8, 4) is 11.5 Å². The van der Waals surface area contributed by atoms with E-state index in [1.165, 1.54) is 33.3 Å². The second-order valence-corrected chi connectivity index (χ2v) is 8.87. The van der Waals surface area contributed by atoms with Crippen LogP contribution in [0, 0.1) is 0 Å². The molecule has 0 aliphatic heterocycles. The standard InChI is InChI=1S/C20H27N3O5S/c1-22(2)29(25,26)19-14-16(10-11-18(19)27-4)21-20(24)15-23(3)12-13-28-17-8-6-5-7-9-17/h5-11,14H,12-13,15H2,1-4H3,(H,21,24)/p+1. The fourth-order valence-corrected chi connectivity index (χ4v) is 3.66. The first kappa shape index (κ1) is 22.7. The van der Waals surface area contributed by atoms with Gasteiger partial charge in [0.25, 0.3) is 5.91 Å². The highest BCUT2D eigenvalue weighted by molar-refractivity contribution is 7.89. The van der Waals surface area contributed by atoms with Gasteiger partial charge in [-0.15, -0.1) is 0 Å². The topological polar surface area (TPSA) is 89.4 Å². The van der Waals surface area contributed by atoms with Gasteiger partial charge in [0.15, 0.2) is 6.54 Å². The van der Waals surface area contributed by atoms with E-state index in [0.717, 1.165) is 15.0 Å². The van der Waals surface area contributed by atoms with Crippen LogP contribution in [0.5, 0.6) is 11.5 Å². The van der Waals surface area contributed by atoms with E-state index in [0.29, 0.717) is 18.8 Å². The first-order valence-electron chi connectivity index (χ1n) is 9.13. The average Bonchev–Trinajstić information content (AvgIpc) is 2.68. The predicted octanol–water partition coefficient (Wildman–Crippen LogP) is 0.478. The molecular weight excluding hydrogens is 394 g/mol. The van der Waals surface area contributed by atoms with Gasteiger partial charge < -0.3 is 19.7 Å². The third-order valence-electron chi connectivity index (χ3n) is 4.21. The molecule has 1 atom stereocenters. The van der Waals surface area contributed by atoms with Gasteiger partial charge >= 0.3 is 0 Å². The first-order valence-corrected chi connectivity index (χ1v) is 10.6. The summed E-state index contributed by atoms with van der Waals surface area (Å²) in [7, 11) is 2.47. The van der Waals surface area contributed by atoms with E-state index in [1.54, 1.807) is 6.07 Å². The zero-order valence-corrected chi connectivity index (χ0v) is 18.0. The van der Waals surface area contributed by atoms with E-state index in [2.05, 4.69) is 5.32 Å². The lowest BCUT2D eigenvalue weighted by Gasteiger charge is -2.17. The van der Waals surface area contributed by atoms with E-state index in [1.807, 2.05) is 37.4 Å². The Morgan fingerprint density at radius 1 is 1.14 bits per heavy atom. The van der Waals surface area contributed by atoms with Crippen molar-refractivity contribution >= 4 is 21.6 Å². The van der Waals surface area contributed by atoms with Crippen LogP contribution < -0.4 is 19.7 Å². The molecule has 0 fully saturated rings. The lowest BCUT2D eigenvalue weighted by molar-refractivity contribution is -0.871. The number of hydrogen-bond acceptors (Lipinski definition) is 5. The van der Waals surface area contributed by atoms with Gasteiger partial charge in [0.05, 0.1) is 14.2 Å². The summed E-state index contributed by atoms with van der Waals surface area (Å²) < 4.78 is 36.8. The minimum absolute atomic E-state index is 0.000220. The summed E-state index contributed by atoms with van der Waals surface area (Å²) in [4.78, 5) is 13.3. The van der Waals surface area contributed by atoms with Gasteiger partial charge in [0.1, 0.15) is 29.5 Å². The number of hydrogen-bond donors (Lipinski definition) is 2. The first-order chi connectivity index (χ1) is 13.7. The molecule has 0 heterocycles. The summed E-state index contributed by atoms with van der Waals surface area (Å²) in [5.74, 6) is 0.788. The molecular formula is C20H28N3O5S+. The molecule has 2 N–H and O–H groups in total. The Morgan fingerprint density at radius 3 is 2.45 bits per heavy atom. The third kappa shape index (κ3) is 6.45. The SMILES string of the molecule is COc1ccc(NC(=O)C[NH+](C)CCOc2ccccc2)cc1S(=O)(=O)N(C)C. The number of likely N-dealkylation sites (N-methyl/N-ethyl adjacent to an activating group) is 1. The summed E-state index contributed by atoms with van der Waals surface area (Å²) in [6.45, 7) is 1.35. The van der Waals surface area contributed by atoms with E-state index in [4.69, 9.17) is 9.47 Å². The number of rotatable bonds is 10. The van der Waals surface area contributed by atoms with E-state index < -0.39 is 10.0 Å². The van der Waals surface area contributed by atoms with Gasteiger partial charge in [0, 0.05) is 19.8 Å². The summed E-state index contributed by atoms with van der Waals surface area (Å²) >= 11 is 0. The molecule has 8 nitrogen and oxygen atoms in total. The monoisotopic (exact) mass is 422 g/mol. The van der Waals surface area contributed by atoms with Crippen molar-refractivity contribution in [2.45, 2.75) is 4.90 Å². The number of benzene rings is 2. The molecule has 158 valence electrons. The Hall–Kier alpha value is -2.62. The van der Waals surface area contributed by atoms with Gasteiger partial charge in [-0.25, -0.2) is 12.7 Å². The van der Waals surface area contributed by atoms with Crippen LogP contribution in [0.1, 0.15) is 0 Å². The Balaban J connectivity index is 1.94. The summed E-state index contributed by atoms with van der Waals surface area (Å²) in [6, 6.07) is 14.0. The van der Waals surface area contributed by atoms with E-state index in [-0.39, 0.29) is 23.1 Å². The van der Waals surface area contributed by atoms with Gasteiger partial charge in [-0.1, -0.05) is 18.2 Å². The zero-order valence-electron chi connectivity index (χ0n) is 17.1. The van der Waals surface area contributed by atoms with Crippen LogP contribution in [0.4, 0.5) is 5.69 Å². The Morgan fingerprint density at radius 2 is 1.83 bits per heavy atom. The van der Waals surface area contributed by atoms with Crippen molar-refractivity contribution in [1.29, 1.82) is 0 Å². The molecule has 0 saturated heterocycles. The average molecular weight is 423 g/mol. The highest BCUT2D eigenvalue weighted by Gasteiger charge is 2.23. The number of carbonyl (C=O) groups is 1. The molecule has 2 aromatic carbocycles. The minimum atomic E-state index is -3.70. The Labute approximate surface area is 172 Å². The van der Waals surface area contributed by atoms with E-state index in [9.17, 15) is 13.2 Å². The second-order valence-electron chi connectivity index (χ2n) is 6.75. The number of nitrogens with one attached hydrogen (secondary N) is 2. The maximum atomic E-state index is 12.5. The summed E-state index contributed by atoms with van der Waals surface area (Å²) in [5.41, 5.74) is 0.393. The second kappa shape index (κ2) is 10.2. The maximum Gasteiger partial charge on any atom is 0.279 e. The highest BCUT2D eigenvalue weighted by atomic mass is 32.2. The number of para-hydroxylation sites is 1. The van der Waals surface area contributed by atoms with Crippen LogP contribution in [0.3, 0.4) is 0 Å². The summed E-state index contributed by atoms with van der Waals surface area (Å²) in [6.07, 6.45) is 0. The third-order valence-corrected chi connectivity index (χ3v) is 6.05. The minimum Gasteiger partial charge on any atom is -0.495 e. The lowest BCUT2D eigenvalue weighted by Crippen LogP contribution is -3.10. The molecule has 0 spiro atoms. The number of carbonyl (C=O) groups excluding carboxylic acids is 1. The number of nitrogens with zero attached hydrogens (tertiary/aromatic N) is 1. The van der Waals surface area contributed by atoms with Gasteiger partial charge in [0.2, 0.25) is 10.0 Å². The van der Waals surface area contributed by atoms with E-state index >= 15 is 0 Å². The van der Waals surface area contributed by atoms with Crippen molar-refractivity contribution in [2.75, 3.05) is 53.3 Å². The Bertz CT molecular complexity index is 917. The van der Waals surface area contributed by atoms with Crippen LogP contribution in [0.15, 0.2) is 53.4 Å². The highest BCUT2D eigenvalue weighted by Crippen LogP contribution is 2.28. The lowest BCUT2D eigenvalue weighted by atomic mass is 10.3. The zero-order chi connectivity index (χ0) is 21.4. The molecule has 0 saturated carbocycles. The molecule has 9 heteroatoms. The molecule has 2 rings (SSSR count). The molecule has 0 radical (unpaired) electrons. The fraction of sp³-hybridized carbons (Fsp3) is 0.350. The quantitative estimate of drug-likeness (QED) is 0.581. The predicted molar refractivity (Wildman–Crippen MR) is 111 cm³/mol. The van der Waals surface area contributed by atoms with Gasteiger partial charge in [-0.3, -0.25) is 4.79 Å². The number of amides is 1. The largest absolute Gasteiger partial charge is 0.495 e. The van der Waals surface area contributed by atoms with Crippen molar-refractivity contribution in [2.24, 2.45) is 0 Å². The van der Waals surface area contributed by atoms with Crippen molar-refractivity contribution in [3.63, 3.8) is 0 Å².